The number of benzene rings is 1. The Balaban J connectivity index is 2.39. The minimum absolute atomic E-state index is 0.185. The van der Waals surface area contributed by atoms with Gasteiger partial charge in [-0.15, -0.1) is 0 Å². The third-order valence-electron chi connectivity index (χ3n) is 2.98. The van der Waals surface area contributed by atoms with E-state index in [1.165, 1.54) is 0 Å². The minimum Gasteiger partial charge on any atom is -0.469 e. The van der Waals surface area contributed by atoms with Crippen molar-refractivity contribution in [3.8, 4) is 0 Å². The summed E-state index contributed by atoms with van der Waals surface area (Å²) in [7, 11) is 0. The third-order valence-corrected chi connectivity index (χ3v) is 3.59. The normalized spacial score (nSPS) is 12.6. The number of nitrogens with one attached hydrogen (secondary N) is 1. The molecule has 1 atom stereocenters. The first kappa shape index (κ1) is 14.3. The zero-order valence-electron chi connectivity index (χ0n) is 11.0. The van der Waals surface area contributed by atoms with Gasteiger partial charge in [-0.3, -0.25) is 0 Å². The van der Waals surface area contributed by atoms with E-state index in [1.807, 2.05) is 19.1 Å². The maximum absolute atomic E-state index is 14.3. The standard InChI is InChI=1S/C15H17BrFNO/c1-3-7-18-15(11-8-10(2)19-9-11)12-5-4-6-13(16)14(12)17/h4-6,8-9,15,18H,3,7H2,1-2H3. The van der Waals surface area contributed by atoms with Gasteiger partial charge >= 0.3 is 0 Å². The van der Waals surface area contributed by atoms with Crippen molar-refractivity contribution in [2.24, 2.45) is 0 Å². The number of rotatable bonds is 5. The molecule has 0 fully saturated rings. The average Bonchev–Trinajstić information content (AvgIpc) is 2.81. The van der Waals surface area contributed by atoms with Gasteiger partial charge in [-0.05, 0) is 48.0 Å². The van der Waals surface area contributed by atoms with Crippen LogP contribution in [0.3, 0.4) is 0 Å². The van der Waals surface area contributed by atoms with Gasteiger partial charge in [0, 0.05) is 11.1 Å². The van der Waals surface area contributed by atoms with Gasteiger partial charge in [-0.2, -0.15) is 0 Å². The molecule has 0 amide bonds. The Bertz CT molecular complexity index is 553. The fourth-order valence-electron chi connectivity index (χ4n) is 2.05. The lowest BCUT2D eigenvalue weighted by Gasteiger charge is -2.18. The Morgan fingerprint density at radius 1 is 1.42 bits per heavy atom. The van der Waals surface area contributed by atoms with E-state index < -0.39 is 0 Å². The van der Waals surface area contributed by atoms with Crippen LogP contribution in [0.5, 0.6) is 0 Å². The predicted molar refractivity (Wildman–Crippen MR) is 77.7 cm³/mol. The van der Waals surface area contributed by atoms with Crippen LogP contribution in [0.2, 0.25) is 0 Å². The lowest BCUT2D eigenvalue weighted by atomic mass is 10.00. The maximum atomic E-state index is 14.3. The van der Waals surface area contributed by atoms with Crippen LogP contribution < -0.4 is 5.32 Å². The second-order valence-corrected chi connectivity index (χ2v) is 5.38. The van der Waals surface area contributed by atoms with Crippen LogP contribution in [0.25, 0.3) is 0 Å². The number of aryl methyl sites for hydroxylation is 1. The van der Waals surface area contributed by atoms with Crippen LogP contribution in [0.4, 0.5) is 4.39 Å². The molecule has 102 valence electrons. The molecule has 0 radical (unpaired) electrons. The molecule has 1 aromatic carbocycles. The van der Waals surface area contributed by atoms with Gasteiger partial charge in [-0.25, -0.2) is 4.39 Å². The maximum Gasteiger partial charge on any atom is 0.142 e. The second-order valence-electron chi connectivity index (χ2n) is 4.52. The van der Waals surface area contributed by atoms with Crippen LogP contribution in [0.1, 0.15) is 36.3 Å². The lowest BCUT2D eigenvalue weighted by molar-refractivity contribution is 0.515. The summed E-state index contributed by atoms with van der Waals surface area (Å²) in [5.74, 6) is 0.601. The topological polar surface area (TPSA) is 25.2 Å². The monoisotopic (exact) mass is 325 g/mol. The van der Waals surface area contributed by atoms with Crippen molar-refractivity contribution in [2.45, 2.75) is 26.3 Å². The molecule has 0 aliphatic carbocycles. The Morgan fingerprint density at radius 3 is 2.84 bits per heavy atom. The molecule has 1 unspecified atom stereocenters. The Hall–Kier alpha value is -1.13. The number of halogens is 2. The van der Waals surface area contributed by atoms with Gasteiger partial charge in [0.2, 0.25) is 0 Å². The molecule has 19 heavy (non-hydrogen) atoms. The third kappa shape index (κ3) is 3.25. The van der Waals surface area contributed by atoms with E-state index in [1.54, 1.807) is 18.4 Å². The van der Waals surface area contributed by atoms with Crippen molar-refractivity contribution in [3.05, 3.63) is 57.7 Å². The molecule has 4 heteroatoms. The first-order valence-corrected chi connectivity index (χ1v) is 7.15. The highest BCUT2D eigenvalue weighted by molar-refractivity contribution is 9.10. The molecule has 0 aliphatic rings. The van der Waals surface area contributed by atoms with Crippen LogP contribution in [0.15, 0.2) is 39.4 Å². The first-order chi connectivity index (χ1) is 9.13. The van der Waals surface area contributed by atoms with E-state index in [9.17, 15) is 4.39 Å². The van der Waals surface area contributed by atoms with Crippen LogP contribution in [-0.2, 0) is 0 Å². The van der Waals surface area contributed by atoms with E-state index in [4.69, 9.17) is 4.42 Å². The minimum atomic E-state index is -0.227. The summed E-state index contributed by atoms with van der Waals surface area (Å²) < 4.78 is 20.1. The molecule has 0 saturated carbocycles. The highest BCUT2D eigenvalue weighted by Crippen LogP contribution is 2.29. The molecule has 2 aromatic rings. The van der Waals surface area contributed by atoms with Gasteiger partial charge in [0.1, 0.15) is 11.6 Å². The van der Waals surface area contributed by atoms with Gasteiger partial charge < -0.3 is 9.73 Å². The molecule has 0 spiro atoms. The molecule has 0 saturated heterocycles. The number of hydrogen-bond donors (Lipinski definition) is 1. The Morgan fingerprint density at radius 2 is 2.21 bits per heavy atom. The summed E-state index contributed by atoms with van der Waals surface area (Å²) in [6, 6.07) is 7.10. The highest BCUT2D eigenvalue weighted by Gasteiger charge is 2.20. The fraction of sp³-hybridized carbons (Fsp3) is 0.333. The largest absolute Gasteiger partial charge is 0.469 e. The molecule has 0 aliphatic heterocycles. The molecule has 1 heterocycles. The van der Waals surface area contributed by atoms with Gasteiger partial charge in [0.15, 0.2) is 0 Å². The van der Waals surface area contributed by atoms with Gasteiger partial charge in [0.25, 0.3) is 0 Å². The zero-order valence-corrected chi connectivity index (χ0v) is 12.6. The Labute approximate surface area is 121 Å². The van der Waals surface area contributed by atoms with Crippen molar-refractivity contribution >= 4 is 15.9 Å². The average molecular weight is 326 g/mol. The predicted octanol–water partition coefficient (Wildman–Crippen LogP) is 4.58. The summed E-state index contributed by atoms with van der Waals surface area (Å²) in [6.07, 6.45) is 2.67. The van der Waals surface area contributed by atoms with E-state index >= 15 is 0 Å². The SMILES string of the molecule is CCCNC(c1coc(C)c1)c1cccc(Br)c1F. The van der Waals surface area contributed by atoms with E-state index in [0.717, 1.165) is 24.3 Å². The van der Waals surface area contributed by atoms with E-state index in [-0.39, 0.29) is 11.9 Å². The summed E-state index contributed by atoms with van der Waals surface area (Å²) >= 11 is 3.23. The van der Waals surface area contributed by atoms with Crippen LogP contribution in [-0.4, -0.2) is 6.54 Å². The van der Waals surface area contributed by atoms with Crippen molar-refractivity contribution < 1.29 is 8.81 Å². The highest BCUT2D eigenvalue weighted by atomic mass is 79.9. The van der Waals surface area contributed by atoms with Crippen molar-refractivity contribution in [2.75, 3.05) is 6.54 Å². The molecular formula is C15H17BrFNO. The van der Waals surface area contributed by atoms with Gasteiger partial charge in [0.05, 0.1) is 16.8 Å². The molecular weight excluding hydrogens is 309 g/mol. The summed E-state index contributed by atoms with van der Waals surface area (Å²) in [6.45, 7) is 4.79. The van der Waals surface area contributed by atoms with Crippen molar-refractivity contribution in [1.29, 1.82) is 0 Å². The first-order valence-electron chi connectivity index (χ1n) is 6.35. The molecule has 2 rings (SSSR count). The summed E-state index contributed by atoms with van der Waals surface area (Å²) in [5.41, 5.74) is 1.58. The number of hydrogen-bond acceptors (Lipinski definition) is 2. The zero-order chi connectivity index (χ0) is 13.8. The molecule has 1 N–H and O–H groups in total. The quantitative estimate of drug-likeness (QED) is 0.870. The Kier molecular flexibility index (Phi) is 4.77. The van der Waals surface area contributed by atoms with Crippen LogP contribution >= 0.6 is 15.9 Å². The molecule has 2 nitrogen and oxygen atoms in total. The smallest absolute Gasteiger partial charge is 0.142 e. The number of furan rings is 1. The summed E-state index contributed by atoms with van der Waals surface area (Å²) in [5, 5.41) is 3.36. The lowest BCUT2D eigenvalue weighted by Crippen LogP contribution is -2.23. The second kappa shape index (κ2) is 6.35. The molecule has 0 bridgehead atoms. The molecule has 1 aromatic heterocycles. The fourth-order valence-corrected chi connectivity index (χ4v) is 2.44. The van der Waals surface area contributed by atoms with E-state index in [0.29, 0.717) is 10.0 Å². The van der Waals surface area contributed by atoms with Crippen molar-refractivity contribution in [1.82, 2.24) is 5.32 Å². The van der Waals surface area contributed by atoms with Crippen molar-refractivity contribution in [3.63, 3.8) is 0 Å². The summed E-state index contributed by atoms with van der Waals surface area (Å²) in [4.78, 5) is 0. The van der Waals surface area contributed by atoms with E-state index in [2.05, 4.69) is 28.2 Å². The van der Waals surface area contributed by atoms with Gasteiger partial charge in [-0.1, -0.05) is 19.1 Å². The van der Waals surface area contributed by atoms with Crippen LogP contribution in [0, 0.1) is 12.7 Å².